The lowest BCUT2D eigenvalue weighted by atomic mass is 9.93. The third-order valence-corrected chi connectivity index (χ3v) is 4.31. The number of halogens is 1. The second kappa shape index (κ2) is 9.54. The number of nitrogens with zero attached hydrogens (tertiary/aromatic N) is 1. The molecule has 25 heavy (non-hydrogen) atoms. The summed E-state index contributed by atoms with van der Waals surface area (Å²) in [5.41, 5.74) is -0.271. The Kier molecular flexibility index (Phi) is 7.41. The molecule has 1 unspecified atom stereocenters. The third-order valence-electron chi connectivity index (χ3n) is 4.31. The van der Waals surface area contributed by atoms with E-state index < -0.39 is 5.60 Å². The molecule has 1 N–H and O–H groups in total. The molecule has 0 saturated carbocycles. The maximum atomic E-state index is 13.8. The first-order valence-electron chi connectivity index (χ1n) is 9.01. The Morgan fingerprint density at radius 1 is 1.08 bits per heavy atom. The number of rotatable bonds is 6. The fraction of sp³-hybridized carbons (Fsp3) is 0.429. The fourth-order valence-corrected chi connectivity index (χ4v) is 3.08. The molecule has 0 bridgehead atoms. The molecular formula is C21H28FNO2. The van der Waals surface area contributed by atoms with Gasteiger partial charge in [-0.05, 0) is 30.2 Å². The Hall–Kier alpha value is -1.91. The van der Waals surface area contributed by atoms with Gasteiger partial charge in [0.2, 0.25) is 0 Å². The molecule has 2 aromatic carbocycles. The van der Waals surface area contributed by atoms with E-state index >= 15 is 0 Å². The van der Waals surface area contributed by atoms with Crippen LogP contribution in [-0.2, 0) is 6.42 Å². The molecule has 4 heteroatoms. The lowest BCUT2D eigenvalue weighted by Gasteiger charge is -2.24. The Morgan fingerprint density at radius 3 is 2.48 bits per heavy atom. The molecule has 2 aromatic rings. The summed E-state index contributed by atoms with van der Waals surface area (Å²) in [6, 6.07) is 16.4. The van der Waals surface area contributed by atoms with Crippen molar-refractivity contribution in [2.45, 2.75) is 32.3 Å². The topological polar surface area (TPSA) is 32.7 Å². The number of benzene rings is 2. The van der Waals surface area contributed by atoms with Crippen molar-refractivity contribution in [3.05, 3.63) is 66.0 Å². The minimum atomic E-state index is -0.852. The Bertz CT molecular complexity index is 635. The average Bonchev–Trinajstić information content (AvgIpc) is 3.01. The average molecular weight is 345 g/mol. The van der Waals surface area contributed by atoms with E-state index in [1.54, 1.807) is 12.1 Å². The van der Waals surface area contributed by atoms with Gasteiger partial charge in [0.05, 0.1) is 5.60 Å². The second-order valence-electron chi connectivity index (χ2n) is 6.18. The van der Waals surface area contributed by atoms with Crippen molar-refractivity contribution in [2.75, 3.05) is 26.2 Å². The molecule has 0 spiro atoms. The van der Waals surface area contributed by atoms with E-state index in [1.165, 1.54) is 6.07 Å². The number of para-hydroxylation sites is 1. The largest absolute Gasteiger partial charge is 0.492 e. The van der Waals surface area contributed by atoms with Crippen molar-refractivity contribution in [1.82, 2.24) is 4.90 Å². The van der Waals surface area contributed by atoms with Gasteiger partial charge in [0, 0.05) is 26.1 Å². The summed E-state index contributed by atoms with van der Waals surface area (Å²) in [5, 5.41) is 10.7. The van der Waals surface area contributed by atoms with Crippen molar-refractivity contribution in [3.63, 3.8) is 0 Å². The van der Waals surface area contributed by atoms with E-state index in [4.69, 9.17) is 4.74 Å². The van der Waals surface area contributed by atoms with Crippen molar-refractivity contribution < 1.29 is 14.2 Å². The summed E-state index contributed by atoms with van der Waals surface area (Å²) in [5.74, 6) is 0.611. The SMILES string of the molecule is CC.OC1(Cc2ccccc2F)CCN(CCOc2ccccc2)C1. The molecule has 1 fully saturated rings. The van der Waals surface area contributed by atoms with E-state index in [0.29, 0.717) is 31.6 Å². The van der Waals surface area contributed by atoms with Crippen LogP contribution in [-0.4, -0.2) is 41.8 Å². The number of aliphatic hydroxyl groups is 1. The lowest BCUT2D eigenvalue weighted by molar-refractivity contribution is 0.0474. The highest BCUT2D eigenvalue weighted by molar-refractivity contribution is 5.21. The fourth-order valence-electron chi connectivity index (χ4n) is 3.08. The van der Waals surface area contributed by atoms with Gasteiger partial charge >= 0.3 is 0 Å². The van der Waals surface area contributed by atoms with Crippen LogP contribution >= 0.6 is 0 Å². The monoisotopic (exact) mass is 345 g/mol. The number of hydrogen-bond acceptors (Lipinski definition) is 3. The van der Waals surface area contributed by atoms with Crippen molar-refractivity contribution in [2.24, 2.45) is 0 Å². The van der Waals surface area contributed by atoms with Crippen LogP contribution in [0.15, 0.2) is 54.6 Å². The quantitative estimate of drug-likeness (QED) is 0.862. The van der Waals surface area contributed by atoms with Crippen molar-refractivity contribution in [1.29, 1.82) is 0 Å². The summed E-state index contributed by atoms with van der Waals surface area (Å²) in [7, 11) is 0. The molecule has 0 aromatic heterocycles. The molecule has 1 atom stereocenters. The molecule has 1 heterocycles. The van der Waals surface area contributed by atoms with Crippen molar-refractivity contribution in [3.8, 4) is 5.75 Å². The number of likely N-dealkylation sites (tertiary alicyclic amines) is 1. The zero-order valence-corrected chi connectivity index (χ0v) is 15.1. The number of ether oxygens (including phenoxy) is 1. The van der Waals surface area contributed by atoms with Crippen LogP contribution < -0.4 is 4.74 Å². The first-order chi connectivity index (χ1) is 12.1. The first kappa shape index (κ1) is 19.4. The summed E-state index contributed by atoms with van der Waals surface area (Å²) in [4.78, 5) is 2.17. The number of hydrogen-bond donors (Lipinski definition) is 1. The van der Waals surface area contributed by atoms with Crippen LogP contribution in [0, 0.1) is 5.82 Å². The summed E-state index contributed by atoms with van der Waals surface area (Å²) >= 11 is 0. The van der Waals surface area contributed by atoms with Crippen molar-refractivity contribution >= 4 is 0 Å². The third kappa shape index (κ3) is 5.83. The Balaban J connectivity index is 0.00000109. The molecule has 0 amide bonds. The molecule has 3 rings (SSSR count). The summed E-state index contributed by atoms with van der Waals surface area (Å²) < 4.78 is 19.4. The van der Waals surface area contributed by atoms with Crippen LogP contribution in [0.2, 0.25) is 0 Å². The predicted octanol–water partition coefficient (Wildman–Crippen LogP) is 3.91. The van der Waals surface area contributed by atoms with E-state index in [9.17, 15) is 9.50 Å². The lowest BCUT2D eigenvalue weighted by Crippen LogP contribution is -2.36. The van der Waals surface area contributed by atoms with Gasteiger partial charge in [-0.15, -0.1) is 0 Å². The smallest absolute Gasteiger partial charge is 0.126 e. The predicted molar refractivity (Wildman–Crippen MR) is 99.4 cm³/mol. The minimum absolute atomic E-state index is 0.244. The van der Waals surface area contributed by atoms with E-state index in [1.807, 2.05) is 50.2 Å². The minimum Gasteiger partial charge on any atom is -0.492 e. The molecule has 136 valence electrons. The zero-order valence-electron chi connectivity index (χ0n) is 15.1. The zero-order chi connectivity index (χ0) is 18.1. The maximum absolute atomic E-state index is 13.8. The van der Waals surface area contributed by atoms with Crippen LogP contribution in [0.5, 0.6) is 5.75 Å². The Morgan fingerprint density at radius 2 is 1.76 bits per heavy atom. The molecule has 1 saturated heterocycles. The highest BCUT2D eigenvalue weighted by Crippen LogP contribution is 2.26. The van der Waals surface area contributed by atoms with Gasteiger partial charge < -0.3 is 9.84 Å². The standard InChI is InChI=1S/C19H22FNO2.C2H6/c20-18-9-5-4-6-16(18)14-19(22)10-11-21(15-19)12-13-23-17-7-2-1-3-8-17;1-2/h1-9,22H,10-15H2;1-2H3. The highest BCUT2D eigenvalue weighted by Gasteiger charge is 2.36. The number of β-amino-alcohol motifs (C(OH)–C–C–N with tert-alkyl or cyclic N) is 1. The molecule has 1 aliphatic heterocycles. The molecule has 0 aliphatic carbocycles. The van der Waals surface area contributed by atoms with Gasteiger partial charge in [-0.25, -0.2) is 4.39 Å². The summed E-state index contributed by atoms with van der Waals surface area (Å²) in [6.45, 7) is 6.71. The summed E-state index contributed by atoms with van der Waals surface area (Å²) in [6.07, 6.45) is 1.02. The maximum Gasteiger partial charge on any atom is 0.126 e. The van der Waals surface area contributed by atoms with E-state index in [-0.39, 0.29) is 5.82 Å². The van der Waals surface area contributed by atoms with Gasteiger partial charge in [0.15, 0.2) is 0 Å². The van der Waals surface area contributed by atoms with E-state index in [0.717, 1.165) is 18.8 Å². The van der Waals surface area contributed by atoms with Crippen LogP contribution in [0.3, 0.4) is 0 Å². The van der Waals surface area contributed by atoms with Crippen LogP contribution in [0.4, 0.5) is 4.39 Å². The van der Waals surface area contributed by atoms with Crippen LogP contribution in [0.1, 0.15) is 25.8 Å². The second-order valence-corrected chi connectivity index (χ2v) is 6.18. The van der Waals surface area contributed by atoms with Crippen LogP contribution in [0.25, 0.3) is 0 Å². The molecular weight excluding hydrogens is 317 g/mol. The molecule has 0 radical (unpaired) electrons. The molecule has 3 nitrogen and oxygen atoms in total. The van der Waals surface area contributed by atoms with E-state index in [2.05, 4.69) is 4.90 Å². The van der Waals surface area contributed by atoms with Gasteiger partial charge in [-0.3, -0.25) is 4.90 Å². The normalized spacial score (nSPS) is 20.0. The molecule has 1 aliphatic rings. The van der Waals surface area contributed by atoms with Gasteiger partial charge in [0.1, 0.15) is 18.2 Å². The Labute approximate surface area is 150 Å². The van der Waals surface area contributed by atoms with Gasteiger partial charge in [-0.2, -0.15) is 0 Å². The first-order valence-corrected chi connectivity index (χ1v) is 9.01. The highest BCUT2D eigenvalue weighted by atomic mass is 19.1. The van der Waals surface area contributed by atoms with Gasteiger partial charge in [0.25, 0.3) is 0 Å². The van der Waals surface area contributed by atoms with Gasteiger partial charge in [-0.1, -0.05) is 50.2 Å².